The van der Waals surface area contributed by atoms with E-state index >= 15 is 0 Å². The van der Waals surface area contributed by atoms with Crippen LogP contribution in [0.2, 0.25) is 0 Å². The first-order valence-electron chi connectivity index (χ1n) is 1.70. The molecular formula is H4KN3O10. The van der Waals surface area contributed by atoms with E-state index < -0.39 is 15.3 Å². The molecule has 0 atom stereocenters. The molecule has 0 saturated heterocycles. The summed E-state index contributed by atoms with van der Waals surface area (Å²) in [6.45, 7) is 0. The van der Waals surface area contributed by atoms with Crippen LogP contribution in [0.4, 0.5) is 0 Å². The van der Waals surface area contributed by atoms with Crippen molar-refractivity contribution >= 4 is 0 Å². The van der Waals surface area contributed by atoms with Crippen molar-refractivity contribution in [3.05, 3.63) is 30.3 Å². The molecule has 0 unspecified atom stereocenters. The molecule has 0 saturated carbocycles. The molecule has 0 aliphatic heterocycles. The van der Waals surface area contributed by atoms with E-state index in [1.54, 1.807) is 0 Å². The van der Waals surface area contributed by atoms with Crippen molar-refractivity contribution in [3.8, 4) is 0 Å². The molecule has 14 heteroatoms. The molecule has 14 heavy (non-hydrogen) atoms. The van der Waals surface area contributed by atoms with Gasteiger partial charge in [-0.3, -0.25) is 0 Å². The molecule has 0 aliphatic carbocycles. The topological polar surface area (TPSA) is 220 Å². The second kappa shape index (κ2) is 22.8. The maximum Gasteiger partial charge on any atom is 1.00 e. The van der Waals surface area contributed by atoms with Gasteiger partial charge in [0.1, 0.15) is 0 Å². The fourth-order valence-electron chi connectivity index (χ4n) is 0. The molecule has 0 spiro atoms. The van der Waals surface area contributed by atoms with Crippen molar-refractivity contribution in [2.45, 2.75) is 0 Å². The van der Waals surface area contributed by atoms with Gasteiger partial charge >= 0.3 is 51.4 Å². The van der Waals surface area contributed by atoms with Crippen LogP contribution in [-0.4, -0.2) is 36.4 Å². The predicted octanol–water partition coefficient (Wildman–Crippen LogP) is -4.22. The van der Waals surface area contributed by atoms with E-state index in [1.807, 2.05) is 0 Å². The molecular weight excluding hydrogens is 241 g/mol. The summed E-state index contributed by atoms with van der Waals surface area (Å²) in [7, 11) is 0. The summed E-state index contributed by atoms with van der Waals surface area (Å²) in [4.78, 5) is 25.1. The van der Waals surface area contributed by atoms with E-state index in [-0.39, 0.29) is 56.9 Å². The van der Waals surface area contributed by atoms with Crippen LogP contribution < -0.4 is 51.4 Å². The van der Waals surface area contributed by atoms with Crippen LogP contribution in [0.3, 0.4) is 0 Å². The van der Waals surface area contributed by atoms with Crippen molar-refractivity contribution < 1.29 is 87.7 Å². The van der Waals surface area contributed by atoms with Gasteiger partial charge in [-0.2, -0.15) is 0 Å². The fourth-order valence-corrected chi connectivity index (χ4v) is 0. The molecule has 0 aromatic heterocycles. The van der Waals surface area contributed by atoms with Crippen LogP contribution in [0.15, 0.2) is 0 Å². The van der Waals surface area contributed by atoms with Crippen LogP contribution in [0.25, 0.3) is 0 Å². The zero-order chi connectivity index (χ0) is 10.7. The molecule has 80 valence electrons. The summed E-state index contributed by atoms with van der Waals surface area (Å²) in [5.74, 6) is 0. The normalized spacial score (nSPS) is 5.14. The molecule has 0 aliphatic rings. The summed E-state index contributed by atoms with van der Waals surface area (Å²) >= 11 is 0. The van der Waals surface area contributed by atoms with Crippen LogP contribution in [0, 0.1) is 30.3 Å². The van der Waals surface area contributed by atoms with Gasteiger partial charge in [0.25, 0.3) is 15.3 Å². The van der Waals surface area contributed by atoms with Crippen LogP contribution in [0.5, 0.6) is 0 Å². The molecule has 4 N–H and O–H groups in total. The standard InChI is InChI=1S/K.3HNO3.H2O/c;3*2-1(3)4;/h;3*(H,2,3,4);1H2/q+1;;;;/p-1. The van der Waals surface area contributed by atoms with Gasteiger partial charge in [0.05, 0.1) is 0 Å². The summed E-state index contributed by atoms with van der Waals surface area (Å²) < 4.78 is 0. The Morgan fingerprint density at radius 3 is 0.714 bits per heavy atom. The molecule has 0 aromatic rings. The minimum Gasteiger partial charge on any atom is -0.870 e. The van der Waals surface area contributed by atoms with Crippen LogP contribution in [-0.2, 0) is 0 Å². The summed E-state index contributed by atoms with van der Waals surface area (Å²) in [5.41, 5.74) is 0. The Hall–Kier alpha value is -0.804. The van der Waals surface area contributed by atoms with Gasteiger partial charge in [-0.1, -0.05) is 0 Å². The number of rotatable bonds is 0. The Bertz CT molecular complexity index is 113. The first kappa shape index (κ1) is 29.2. The average molecular weight is 245 g/mol. The van der Waals surface area contributed by atoms with Gasteiger partial charge < -0.3 is 21.1 Å². The average Bonchev–Trinajstić information content (AvgIpc) is 1.54. The molecule has 0 bridgehead atoms. The minimum atomic E-state index is -1.50. The molecule has 13 nitrogen and oxygen atoms in total. The first-order valence-corrected chi connectivity index (χ1v) is 1.70. The maximum atomic E-state index is 8.36. The van der Waals surface area contributed by atoms with Gasteiger partial charge in [-0.25, -0.2) is 0 Å². The molecule has 0 rings (SSSR count). The Morgan fingerprint density at radius 2 is 0.714 bits per heavy atom. The second-order valence-corrected chi connectivity index (χ2v) is 0.714. The van der Waals surface area contributed by atoms with Crippen molar-refractivity contribution in [2.75, 3.05) is 0 Å². The van der Waals surface area contributed by atoms with Gasteiger partial charge in [0.2, 0.25) is 0 Å². The quantitative estimate of drug-likeness (QED) is 0.212. The van der Waals surface area contributed by atoms with Crippen LogP contribution >= 0.6 is 0 Å². The zero-order valence-corrected chi connectivity index (χ0v) is 9.70. The first-order chi connectivity index (χ1) is 5.20. The number of nitrogens with zero attached hydrogens (tertiary/aromatic N) is 3. The minimum absolute atomic E-state index is 0. The third-order valence-electron chi connectivity index (χ3n) is 0. The Balaban J connectivity index is -0.0000000270. The Morgan fingerprint density at radius 1 is 0.714 bits per heavy atom. The van der Waals surface area contributed by atoms with E-state index in [0.29, 0.717) is 0 Å². The second-order valence-electron chi connectivity index (χ2n) is 0.714. The van der Waals surface area contributed by atoms with E-state index in [1.165, 1.54) is 0 Å². The van der Waals surface area contributed by atoms with Crippen molar-refractivity contribution in [3.63, 3.8) is 0 Å². The summed E-state index contributed by atoms with van der Waals surface area (Å²) in [6, 6.07) is 0. The van der Waals surface area contributed by atoms with Crippen molar-refractivity contribution in [2.24, 2.45) is 0 Å². The van der Waals surface area contributed by atoms with E-state index in [2.05, 4.69) is 0 Å². The van der Waals surface area contributed by atoms with E-state index in [0.717, 1.165) is 0 Å². The van der Waals surface area contributed by atoms with Gasteiger partial charge in [0, 0.05) is 0 Å². The third-order valence-corrected chi connectivity index (χ3v) is 0. The molecule has 0 amide bonds. The predicted molar refractivity (Wildman–Crippen MR) is 28.3 cm³/mol. The van der Waals surface area contributed by atoms with Gasteiger partial charge in [-0.15, -0.1) is 30.3 Å². The van der Waals surface area contributed by atoms with Gasteiger partial charge in [0.15, 0.2) is 0 Å². The Kier molecular flexibility index (Phi) is 47.5. The third kappa shape index (κ3) is 1800. The monoisotopic (exact) mass is 245 g/mol. The summed E-state index contributed by atoms with van der Waals surface area (Å²) in [6.07, 6.45) is 0. The number of hydrogen-bond donors (Lipinski definition) is 3. The largest absolute Gasteiger partial charge is 1.00 e. The molecule has 0 fully saturated rings. The summed E-state index contributed by atoms with van der Waals surface area (Å²) in [5, 5.41) is 40.9. The van der Waals surface area contributed by atoms with Crippen LogP contribution in [0.1, 0.15) is 0 Å². The molecule has 0 heterocycles. The Labute approximate surface area is 117 Å². The maximum absolute atomic E-state index is 8.36. The van der Waals surface area contributed by atoms with Gasteiger partial charge in [-0.05, 0) is 0 Å². The van der Waals surface area contributed by atoms with Crippen molar-refractivity contribution in [1.29, 1.82) is 0 Å². The van der Waals surface area contributed by atoms with Crippen molar-refractivity contribution in [1.82, 2.24) is 0 Å². The zero-order valence-electron chi connectivity index (χ0n) is 6.58. The molecule has 0 aromatic carbocycles. The fraction of sp³-hybridized carbons (Fsp3) is 0. The smallest absolute Gasteiger partial charge is 0.870 e. The number of hydrogen-bond acceptors (Lipinski definition) is 7. The molecule has 0 radical (unpaired) electrons. The van der Waals surface area contributed by atoms with E-state index in [9.17, 15) is 0 Å². The van der Waals surface area contributed by atoms with E-state index in [4.69, 9.17) is 46.0 Å². The SMILES string of the molecule is O=[N+]([O-])O.O=[N+]([O-])O.O=[N+]([O-])O.[K+].[OH-].